The number of pyridine rings is 2. The molecule has 4 rings (SSSR count). The van der Waals surface area contributed by atoms with Crippen molar-refractivity contribution in [3.63, 3.8) is 0 Å². The normalized spacial score (nSPS) is 10.9. The third kappa shape index (κ3) is 2.74. The van der Waals surface area contributed by atoms with Gasteiger partial charge in [-0.15, -0.1) is 0 Å². The second-order valence-electron chi connectivity index (χ2n) is 5.65. The van der Waals surface area contributed by atoms with E-state index in [4.69, 9.17) is 5.73 Å². The summed E-state index contributed by atoms with van der Waals surface area (Å²) in [6.45, 7) is 0. The van der Waals surface area contributed by atoms with Crippen molar-refractivity contribution in [1.29, 1.82) is 0 Å². The van der Waals surface area contributed by atoms with Gasteiger partial charge in [0.05, 0.1) is 5.69 Å². The highest BCUT2D eigenvalue weighted by atomic mass is 16.1. The molecule has 25 heavy (non-hydrogen) atoms. The molecule has 0 aliphatic heterocycles. The first-order valence-electron chi connectivity index (χ1n) is 7.84. The van der Waals surface area contributed by atoms with Crippen LogP contribution in [0.5, 0.6) is 0 Å². The fourth-order valence-electron chi connectivity index (χ4n) is 2.91. The van der Waals surface area contributed by atoms with Crippen LogP contribution in [0.1, 0.15) is 21.6 Å². The second kappa shape index (κ2) is 6.16. The highest BCUT2D eigenvalue weighted by Gasteiger charge is 2.18. The molecule has 0 atom stereocenters. The zero-order chi connectivity index (χ0) is 17.2. The van der Waals surface area contributed by atoms with E-state index in [1.165, 1.54) is 0 Å². The Bertz CT molecular complexity index is 1060. The van der Waals surface area contributed by atoms with Gasteiger partial charge in [-0.3, -0.25) is 9.36 Å². The lowest BCUT2D eigenvalue weighted by atomic mass is 10.0. The Balaban J connectivity index is 1.94. The number of nitrogens with zero attached hydrogens (tertiary/aromatic N) is 4. The molecule has 0 saturated heterocycles. The molecule has 0 bridgehead atoms. The SMILES string of the molecule is NC(=O)c1nccc(Cc2ccccc2)c1-n1cnc2cccnc21. The summed E-state index contributed by atoms with van der Waals surface area (Å²) in [5.41, 5.74) is 9.86. The smallest absolute Gasteiger partial charge is 0.269 e. The Morgan fingerprint density at radius 3 is 2.60 bits per heavy atom. The third-order valence-corrected chi connectivity index (χ3v) is 4.03. The zero-order valence-electron chi connectivity index (χ0n) is 13.3. The summed E-state index contributed by atoms with van der Waals surface area (Å²) in [7, 11) is 0. The third-order valence-electron chi connectivity index (χ3n) is 4.03. The van der Waals surface area contributed by atoms with Crippen molar-refractivity contribution >= 4 is 17.1 Å². The number of benzene rings is 1. The Morgan fingerprint density at radius 2 is 1.80 bits per heavy atom. The van der Waals surface area contributed by atoms with Crippen molar-refractivity contribution < 1.29 is 4.79 Å². The van der Waals surface area contributed by atoms with E-state index >= 15 is 0 Å². The summed E-state index contributed by atoms with van der Waals surface area (Å²) in [4.78, 5) is 24.9. The minimum atomic E-state index is -0.581. The summed E-state index contributed by atoms with van der Waals surface area (Å²) in [5, 5.41) is 0. The van der Waals surface area contributed by atoms with Crippen molar-refractivity contribution in [2.75, 3.05) is 0 Å². The lowest BCUT2D eigenvalue weighted by molar-refractivity contribution is 0.0995. The van der Waals surface area contributed by atoms with Crippen LogP contribution in [0.4, 0.5) is 0 Å². The molecule has 0 radical (unpaired) electrons. The summed E-state index contributed by atoms with van der Waals surface area (Å²) < 4.78 is 1.78. The average molecular weight is 329 g/mol. The van der Waals surface area contributed by atoms with Crippen LogP contribution >= 0.6 is 0 Å². The molecule has 0 fully saturated rings. The van der Waals surface area contributed by atoms with Gasteiger partial charge in [-0.2, -0.15) is 0 Å². The lowest BCUT2D eigenvalue weighted by Gasteiger charge is -2.13. The fourth-order valence-corrected chi connectivity index (χ4v) is 2.91. The molecule has 2 N–H and O–H groups in total. The average Bonchev–Trinajstić information content (AvgIpc) is 3.06. The molecule has 0 aliphatic carbocycles. The van der Waals surface area contributed by atoms with Crippen LogP contribution in [0.2, 0.25) is 0 Å². The molecule has 3 heterocycles. The molecular formula is C19H15N5O. The number of amides is 1. The molecule has 0 unspecified atom stereocenters. The highest BCUT2D eigenvalue weighted by Crippen LogP contribution is 2.24. The Kier molecular flexibility index (Phi) is 3.70. The van der Waals surface area contributed by atoms with E-state index in [-0.39, 0.29) is 5.69 Å². The molecule has 0 spiro atoms. The van der Waals surface area contributed by atoms with Gasteiger partial charge in [-0.25, -0.2) is 15.0 Å². The van der Waals surface area contributed by atoms with Crippen molar-refractivity contribution in [2.45, 2.75) is 6.42 Å². The summed E-state index contributed by atoms with van der Waals surface area (Å²) in [6.07, 6.45) is 5.59. The minimum absolute atomic E-state index is 0.207. The maximum Gasteiger partial charge on any atom is 0.269 e. The van der Waals surface area contributed by atoms with E-state index in [9.17, 15) is 4.79 Å². The number of aromatic nitrogens is 4. The van der Waals surface area contributed by atoms with Crippen LogP contribution < -0.4 is 5.73 Å². The van der Waals surface area contributed by atoms with Crippen molar-refractivity contribution in [2.24, 2.45) is 5.73 Å². The van der Waals surface area contributed by atoms with E-state index < -0.39 is 5.91 Å². The van der Waals surface area contributed by atoms with E-state index in [2.05, 4.69) is 15.0 Å². The Labute approximate surface area is 144 Å². The van der Waals surface area contributed by atoms with Gasteiger partial charge < -0.3 is 5.73 Å². The van der Waals surface area contributed by atoms with Crippen LogP contribution in [0.3, 0.4) is 0 Å². The number of hydrogen-bond donors (Lipinski definition) is 1. The van der Waals surface area contributed by atoms with Gasteiger partial charge in [0, 0.05) is 12.4 Å². The van der Waals surface area contributed by atoms with Crippen LogP contribution in [0.25, 0.3) is 16.9 Å². The number of rotatable bonds is 4. The maximum atomic E-state index is 12.0. The second-order valence-corrected chi connectivity index (χ2v) is 5.65. The van der Waals surface area contributed by atoms with Crippen LogP contribution in [-0.4, -0.2) is 25.4 Å². The Morgan fingerprint density at radius 1 is 0.960 bits per heavy atom. The molecule has 1 amide bonds. The first-order valence-corrected chi connectivity index (χ1v) is 7.84. The molecule has 0 aliphatic rings. The molecule has 3 aromatic heterocycles. The van der Waals surface area contributed by atoms with Gasteiger partial charge in [-0.1, -0.05) is 30.3 Å². The number of hydrogen-bond acceptors (Lipinski definition) is 4. The van der Waals surface area contributed by atoms with Crippen LogP contribution in [0, 0.1) is 0 Å². The first-order chi connectivity index (χ1) is 12.2. The molecular weight excluding hydrogens is 314 g/mol. The van der Waals surface area contributed by atoms with Gasteiger partial charge in [-0.05, 0) is 35.7 Å². The lowest BCUT2D eigenvalue weighted by Crippen LogP contribution is -2.18. The number of carbonyl (C=O) groups excluding carboxylic acids is 1. The number of carbonyl (C=O) groups is 1. The molecule has 0 saturated carbocycles. The number of fused-ring (bicyclic) bond motifs is 1. The van der Waals surface area contributed by atoms with Crippen LogP contribution in [-0.2, 0) is 6.42 Å². The monoisotopic (exact) mass is 329 g/mol. The Hall–Kier alpha value is -3.54. The summed E-state index contributed by atoms with van der Waals surface area (Å²) in [5.74, 6) is -0.581. The highest BCUT2D eigenvalue weighted by molar-refractivity contribution is 5.95. The van der Waals surface area contributed by atoms with Gasteiger partial charge in [0.1, 0.15) is 11.8 Å². The van der Waals surface area contributed by atoms with E-state index in [1.807, 2.05) is 48.5 Å². The zero-order valence-corrected chi connectivity index (χ0v) is 13.3. The standard InChI is InChI=1S/C19H15N5O/c20-18(25)16-17(24-12-23-15-7-4-9-22-19(15)24)14(8-10-21-16)11-13-5-2-1-3-6-13/h1-10,12H,11H2,(H2,20,25). The van der Waals surface area contributed by atoms with Gasteiger partial charge in [0.15, 0.2) is 11.3 Å². The summed E-state index contributed by atoms with van der Waals surface area (Å²) in [6, 6.07) is 15.6. The molecule has 6 heteroatoms. The largest absolute Gasteiger partial charge is 0.364 e. The predicted molar refractivity (Wildman–Crippen MR) is 94.4 cm³/mol. The van der Waals surface area contributed by atoms with Crippen molar-refractivity contribution in [3.8, 4) is 5.69 Å². The van der Waals surface area contributed by atoms with Crippen molar-refractivity contribution in [1.82, 2.24) is 19.5 Å². The first kappa shape index (κ1) is 15.0. The van der Waals surface area contributed by atoms with E-state index in [0.717, 1.165) is 16.6 Å². The minimum Gasteiger partial charge on any atom is -0.364 e. The number of primary amides is 1. The van der Waals surface area contributed by atoms with Gasteiger partial charge in [0.2, 0.25) is 0 Å². The topological polar surface area (TPSA) is 86.7 Å². The van der Waals surface area contributed by atoms with Crippen molar-refractivity contribution in [3.05, 3.63) is 84.1 Å². The predicted octanol–water partition coefficient (Wildman–Crippen LogP) is 2.51. The fraction of sp³-hybridized carbons (Fsp3) is 0.0526. The van der Waals surface area contributed by atoms with Gasteiger partial charge >= 0.3 is 0 Å². The van der Waals surface area contributed by atoms with Gasteiger partial charge in [0.25, 0.3) is 5.91 Å². The number of imidazole rings is 1. The summed E-state index contributed by atoms with van der Waals surface area (Å²) >= 11 is 0. The van der Waals surface area contributed by atoms with E-state index in [0.29, 0.717) is 17.8 Å². The number of nitrogens with two attached hydrogens (primary N) is 1. The molecule has 122 valence electrons. The maximum absolute atomic E-state index is 12.0. The molecule has 4 aromatic rings. The van der Waals surface area contributed by atoms with Crippen LogP contribution in [0.15, 0.2) is 67.3 Å². The van der Waals surface area contributed by atoms with E-state index in [1.54, 1.807) is 23.3 Å². The quantitative estimate of drug-likeness (QED) is 0.623. The molecule has 6 nitrogen and oxygen atoms in total. The molecule has 1 aromatic carbocycles.